The highest BCUT2D eigenvalue weighted by Gasteiger charge is 2.21. The lowest BCUT2D eigenvalue weighted by Crippen LogP contribution is -2.27. The van der Waals surface area contributed by atoms with Gasteiger partial charge in [0.15, 0.2) is 17.5 Å². The van der Waals surface area contributed by atoms with Gasteiger partial charge in [0, 0.05) is 34.1 Å². The van der Waals surface area contributed by atoms with Crippen molar-refractivity contribution in [3.05, 3.63) is 72.4 Å². The number of oxazole rings is 1. The number of benzene rings is 2. The molecule has 0 radical (unpaired) electrons. The first-order valence-electron chi connectivity index (χ1n) is 9.98. The number of amides is 1. The lowest BCUT2D eigenvalue weighted by molar-refractivity contribution is -0.123. The van der Waals surface area contributed by atoms with Crippen molar-refractivity contribution in [2.75, 3.05) is 10.6 Å². The molecule has 3 N–H and O–H groups in total. The van der Waals surface area contributed by atoms with Crippen molar-refractivity contribution < 1.29 is 14.3 Å². The number of aromatic nitrogens is 2. The molecule has 0 saturated carbocycles. The van der Waals surface area contributed by atoms with E-state index < -0.39 is 11.6 Å². The average molecular weight is 416 g/mol. The highest BCUT2D eigenvalue weighted by molar-refractivity contribution is 5.94. The maximum atomic E-state index is 12.1. The van der Waals surface area contributed by atoms with Gasteiger partial charge in [0.2, 0.25) is 11.8 Å². The molecule has 31 heavy (non-hydrogen) atoms. The Morgan fingerprint density at radius 3 is 2.32 bits per heavy atom. The molecule has 2 heterocycles. The Labute approximate surface area is 180 Å². The quantitative estimate of drug-likeness (QED) is 0.397. The second kappa shape index (κ2) is 8.20. The molecule has 7 heteroatoms. The summed E-state index contributed by atoms with van der Waals surface area (Å²) in [4.78, 5) is 20.7. The molecule has 1 atom stereocenters. The van der Waals surface area contributed by atoms with E-state index in [1.807, 2.05) is 51.1 Å². The first-order chi connectivity index (χ1) is 14.8. The predicted molar refractivity (Wildman–Crippen MR) is 120 cm³/mol. The number of hydrogen-bond acceptors (Lipinski definition) is 6. The maximum Gasteiger partial charge on any atom is 0.229 e. The molecule has 2 aromatic carbocycles. The van der Waals surface area contributed by atoms with Crippen molar-refractivity contribution in [3.63, 3.8) is 0 Å². The molecule has 1 unspecified atom stereocenters. The molecule has 7 nitrogen and oxygen atoms in total. The summed E-state index contributed by atoms with van der Waals surface area (Å²) in [6.45, 7) is 5.57. The van der Waals surface area contributed by atoms with Gasteiger partial charge in [-0.05, 0) is 48.5 Å². The SMILES string of the molecule is CC(C)(C)C(=O)Nc1ccc(C(O)Nc2ccc(-c3nc4ncccc4o3)cc2)cc1. The Hall–Kier alpha value is -3.71. The molecule has 0 aliphatic carbocycles. The first kappa shape index (κ1) is 20.6. The third-order valence-electron chi connectivity index (χ3n) is 4.77. The van der Waals surface area contributed by atoms with E-state index in [-0.39, 0.29) is 5.91 Å². The van der Waals surface area contributed by atoms with Crippen molar-refractivity contribution in [1.29, 1.82) is 0 Å². The van der Waals surface area contributed by atoms with Crippen LogP contribution in [0.25, 0.3) is 22.7 Å². The number of aliphatic hydroxyl groups is 1. The fraction of sp³-hybridized carbons (Fsp3) is 0.208. The van der Waals surface area contributed by atoms with E-state index >= 15 is 0 Å². The van der Waals surface area contributed by atoms with Crippen molar-refractivity contribution in [2.24, 2.45) is 5.41 Å². The largest absolute Gasteiger partial charge is 0.434 e. The monoisotopic (exact) mass is 416 g/mol. The number of nitrogens with zero attached hydrogens (tertiary/aromatic N) is 2. The smallest absolute Gasteiger partial charge is 0.229 e. The summed E-state index contributed by atoms with van der Waals surface area (Å²) in [5, 5.41) is 16.4. The summed E-state index contributed by atoms with van der Waals surface area (Å²) in [5.74, 6) is 0.433. The first-order valence-corrected chi connectivity index (χ1v) is 9.98. The molecule has 0 spiro atoms. The van der Waals surface area contributed by atoms with E-state index in [2.05, 4.69) is 20.6 Å². The van der Waals surface area contributed by atoms with Crippen molar-refractivity contribution in [2.45, 2.75) is 27.0 Å². The van der Waals surface area contributed by atoms with Crippen LogP contribution in [-0.2, 0) is 4.79 Å². The van der Waals surface area contributed by atoms with Crippen LogP contribution in [0.5, 0.6) is 0 Å². The second-order valence-corrected chi connectivity index (χ2v) is 8.29. The fourth-order valence-electron chi connectivity index (χ4n) is 2.91. The van der Waals surface area contributed by atoms with Crippen LogP contribution in [0, 0.1) is 5.41 Å². The minimum absolute atomic E-state index is 0.0614. The zero-order chi connectivity index (χ0) is 22.0. The lowest BCUT2D eigenvalue weighted by atomic mass is 9.95. The van der Waals surface area contributed by atoms with Gasteiger partial charge in [-0.15, -0.1) is 0 Å². The summed E-state index contributed by atoms with van der Waals surface area (Å²) in [6, 6.07) is 18.1. The standard InChI is InChI=1S/C24H24N4O3/c1-24(2,3)23(30)27-18-10-6-15(7-11-18)21(29)26-17-12-8-16(9-13-17)22-28-20-19(31-22)5-4-14-25-20/h4-14,21,26,29H,1-3H3,(H,27,30). The Morgan fingerprint density at radius 1 is 1.00 bits per heavy atom. The molecule has 0 aliphatic rings. The lowest BCUT2D eigenvalue weighted by Gasteiger charge is -2.18. The molecule has 0 bridgehead atoms. The molecule has 0 fully saturated rings. The molecule has 1 amide bonds. The van der Waals surface area contributed by atoms with Crippen LogP contribution in [0.3, 0.4) is 0 Å². The highest BCUT2D eigenvalue weighted by Crippen LogP contribution is 2.26. The van der Waals surface area contributed by atoms with Gasteiger partial charge in [0.25, 0.3) is 0 Å². The van der Waals surface area contributed by atoms with Crippen molar-refractivity contribution >= 4 is 28.5 Å². The van der Waals surface area contributed by atoms with Gasteiger partial charge in [0.1, 0.15) is 0 Å². The van der Waals surface area contributed by atoms with E-state index in [4.69, 9.17) is 4.42 Å². The van der Waals surface area contributed by atoms with Crippen LogP contribution in [0.2, 0.25) is 0 Å². The van der Waals surface area contributed by atoms with Gasteiger partial charge >= 0.3 is 0 Å². The maximum absolute atomic E-state index is 12.1. The zero-order valence-electron chi connectivity index (χ0n) is 17.6. The third-order valence-corrected chi connectivity index (χ3v) is 4.77. The van der Waals surface area contributed by atoms with E-state index in [9.17, 15) is 9.90 Å². The van der Waals surface area contributed by atoms with Crippen LogP contribution in [0.15, 0.2) is 71.3 Å². The fourth-order valence-corrected chi connectivity index (χ4v) is 2.91. The van der Waals surface area contributed by atoms with Gasteiger partial charge < -0.3 is 20.2 Å². The average Bonchev–Trinajstić information content (AvgIpc) is 3.18. The molecule has 4 rings (SSSR count). The van der Waals surface area contributed by atoms with Crippen LogP contribution < -0.4 is 10.6 Å². The number of anilines is 2. The van der Waals surface area contributed by atoms with Crippen LogP contribution in [-0.4, -0.2) is 21.0 Å². The van der Waals surface area contributed by atoms with Gasteiger partial charge in [-0.25, -0.2) is 4.98 Å². The number of hydrogen-bond donors (Lipinski definition) is 3. The number of rotatable bonds is 5. The van der Waals surface area contributed by atoms with E-state index in [0.717, 1.165) is 11.3 Å². The number of fused-ring (bicyclic) bond motifs is 1. The summed E-state index contributed by atoms with van der Waals surface area (Å²) in [7, 11) is 0. The Morgan fingerprint density at radius 2 is 1.68 bits per heavy atom. The summed E-state index contributed by atoms with van der Waals surface area (Å²) < 4.78 is 5.73. The van der Waals surface area contributed by atoms with Crippen molar-refractivity contribution in [1.82, 2.24) is 9.97 Å². The summed E-state index contributed by atoms with van der Waals surface area (Å²) >= 11 is 0. The number of nitrogens with one attached hydrogen (secondary N) is 2. The van der Waals surface area contributed by atoms with Gasteiger partial charge in [0.05, 0.1) is 0 Å². The molecular weight excluding hydrogens is 392 g/mol. The molecule has 158 valence electrons. The topological polar surface area (TPSA) is 100 Å². The summed E-state index contributed by atoms with van der Waals surface area (Å²) in [5.41, 5.74) is 3.67. The Balaban J connectivity index is 1.41. The predicted octanol–water partition coefficient (Wildman–Crippen LogP) is 4.98. The normalized spacial score (nSPS) is 12.5. The molecule has 4 aromatic rings. The minimum Gasteiger partial charge on any atom is -0.434 e. The number of aliphatic hydroxyl groups excluding tert-OH is 1. The molecular formula is C24H24N4O3. The van der Waals surface area contributed by atoms with Gasteiger partial charge in [-0.2, -0.15) is 4.98 Å². The Bertz CT molecular complexity index is 1160. The Kier molecular flexibility index (Phi) is 5.44. The number of pyridine rings is 1. The van der Waals surface area contributed by atoms with Gasteiger partial charge in [-0.1, -0.05) is 32.9 Å². The van der Waals surface area contributed by atoms with E-state index in [1.54, 1.807) is 36.5 Å². The second-order valence-electron chi connectivity index (χ2n) is 8.29. The van der Waals surface area contributed by atoms with Crippen LogP contribution in [0.1, 0.15) is 32.6 Å². The molecule has 2 aromatic heterocycles. The van der Waals surface area contributed by atoms with Crippen LogP contribution in [0.4, 0.5) is 11.4 Å². The number of carbonyl (C=O) groups excluding carboxylic acids is 1. The van der Waals surface area contributed by atoms with Gasteiger partial charge in [-0.3, -0.25) is 4.79 Å². The minimum atomic E-state index is -0.897. The highest BCUT2D eigenvalue weighted by atomic mass is 16.3. The zero-order valence-corrected chi connectivity index (χ0v) is 17.6. The van der Waals surface area contributed by atoms with Crippen molar-refractivity contribution in [3.8, 4) is 11.5 Å². The van der Waals surface area contributed by atoms with Crippen LogP contribution >= 0.6 is 0 Å². The third kappa shape index (κ3) is 4.73. The van der Waals surface area contributed by atoms with E-state index in [1.165, 1.54) is 0 Å². The molecule has 0 aliphatic heterocycles. The van der Waals surface area contributed by atoms with E-state index in [0.29, 0.717) is 28.4 Å². The summed E-state index contributed by atoms with van der Waals surface area (Å²) in [6.07, 6.45) is 0.778. The number of carbonyl (C=O) groups is 1. The molecule has 0 saturated heterocycles.